The number of methoxy groups -OCH3 is 1. The van der Waals surface area contributed by atoms with Crippen LogP contribution in [0, 0.1) is 11.8 Å². The Hall–Kier alpha value is -1.91. The summed E-state index contributed by atoms with van der Waals surface area (Å²) < 4.78 is 5.31. The zero-order valence-corrected chi connectivity index (χ0v) is 14.8. The summed E-state index contributed by atoms with van der Waals surface area (Å²) >= 11 is 0. The number of piperidine rings is 1. The molecule has 5 nitrogen and oxygen atoms in total. The number of likely N-dealkylation sites (tertiary alicyclic amines) is 1. The van der Waals surface area contributed by atoms with E-state index in [1.54, 1.807) is 7.11 Å². The molecule has 0 spiro atoms. The number of rotatable bonds is 4. The van der Waals surface area contributed by atoms with E-state index < -0.39 is 0 Å². The first-order valence-electron chi connectivity index (χ1n) is 9.07. The molecule has 1 aromatic rings. The monoisotopic (exact) mass is 331 g/mol. The number of urea groups is 1. The van der Waals surface area contributed by atoms with Gasteiger partial charge in [-0.3, -0.25) is 0 Å². The second-order valence-corrected chi connectivity index (χ2v) is 7.18. The molecule has 2 aliphatic heterocycles. The molecule has 0 saturated carbocycles. The SMILES string of the molecule is COc1cccc(N2CC[C@@H](CNC(=O)N3CCC[C@H](C)C3)C2)c1. The minimum atomic E-state index is 0.112. The number of ether oxygens (including phenoxy) is 1. The van der Waals surface area contributed by atoms with Gasteiger partial charge in [-0.25, -0.2) is 4.79 Å². The zero-order chi connectivity index (χ0) is 16.9. The summed E-state index contributed by atoms with van der Waals surface area (Å²) in [6.45, 7) is 6.81. The lowest BCUT2D eigenvalue weighted by molar-refractivity contribution is 0.168. The fourth-order valence-corrected chi connectivity index (χ4v) is 3.76. The van der Waals surface area contributed by atoms with Crippen LogP contribution in [0.25, 0.3) is 0 Å². The number of benzene rings is 1. The second-order valence-electron chi connectivity index (χ2n) is 7.18. The molecule has 2 aliphatic rings. The predicted octanol–water partition coefficient (Wildman–Crippen LogP) is 2.96. The summed E-state index contributed by atoms with van der Waals surface area (Å²) in [5.74, 6) is 2.03. The van der Waals surface area contributed by atoms with E-state index in [-0.39, 0.29) is 6.03 Å². The smallest absolute Gasteiger partial charge is 0.317 e. The van der Waals surface area contributed by atoms with Crippen molar-refractivity contribution in [2.24, 2.45) is 11.8 Å². The fourth-order valence-electron chi connectivity index (χ4n) is 3.76. The molecule has 2 fully saturated rings. The molecule has 1 N–H and O–H groups in total. The van der Waals surface area contributed by atoms with Gasteiger partial charge >= 0.3 is 6.03 Å². The van der Waals surface area contributed by atoms with Crippen molar-refractivity contribution in [1.82, 2.24) is 10.2 Å². The summed E-state index contributed by atoms with van der Waals surface area (Å²) in [5.41, 5.74) is 1.20. The average Bonchev–Trinajstić information content (AvgIpc) is 3.09. The normalized spacial score (nSPS) is 24.1. The summed E-state index contributed by atoms with van der Waals surface area (Å²) in [7, 11) is 1.70. The predicted molar refractivity (Wildman–Crippen MR) is 96.7 cm³/mol. The van der Waals surface area contributed by atoms with Gasteiger partial charge in [-0.1, -0.05) is 13.0 Å². The molecule has 1 aromatic carbocycles. The molecular weight excluding hydrogens is 302 g/mol. The van der Waals surface area contributed by atoms with Crippen molar-refractivity contribution in [2.75, 3.05) is 44.7 Å². The van der Waals surface area contributed by atoms with E-state index in [1.165, 1.54) is 12.1 Å². The van der Waals surface area contributed by atoms with Crippen LogP contribution >= 0.6 is 0 Å². The third-order valence-corrected chi connectivity index (χ3v) is 5.19. The fraction of sp³-hybridized carbons (Fsp3) is 0.632. The summed E-state index contributed by atoms with van der Waals surface area (Å²) in [6, 6.07) is 8.31. The van der Waals surface area contributed by atoms with Crippen molar-refractivity contribution in [1.29, 1.82) is 0 Å². The van der Waals surface area contributed by atoms with Crippen LogP contribution in [0.1, 0.15) is 26.2 Å². The van der Waals surface area contributed by atoms with E-state index in [0.717, 1.165) is 51.3 Å². The van der Waals surface area contributed by atoms with Gasteiger partial charge in [0, 0.05) is 44.5 Å². The summed E-state index contributed by atoms with van der Waals surface area (Å²) in [5, 5.41) is 3.15. The lowest BCUT2D eigenvalue weighted by Gasteiger charge is -2.31. The Bertz CT molecular complexity index is 563. The van der Waals surface area contributed by atoms with Crippen LogP contribution < -0.4 is 15.0 Å². The van der Waals surface area contributed by atoms with Crippen LogP contribution in [0.5, 0.6) is 5.75 Å². The number of carbonyl (C=O) groups excluding carboxylic acids is 1. The van der Waals surface area contributed by atoms with E-state index in [2.05, 4.69) is 29.3 Å². The molecule has 3 rings (SSSR count). The first-order chi connectivity index (χ1) is 11.7. The van der Waals surface area contributed by atoms with Crippen LogP contribution in [-0.4, -0.2) is 50.8 Å². The van der Waals surface area contributed by atoms with Crippen LogP contribution in [-0.2, 0) is 0 Å². The lowest BCUT2D eigenvalue weighted by Crippen LogP contribution is -2.46. The molecule has 0 bridgehead atoms. The lowest BCUT2D eigenvalue weighted by atomic mass is 10.0. The summed E-state index contributed by atoms with van der Waals surface area (Å²) in [4.78, 5) is 16.7. The number of anilines is 1. The van der Waals surface area contributed by atoms with E-state index in [4.69, 9.17) is 4.74 Å². The Morgan fingerprint density at radius 2 is 2.17 bits per heavy atom. The third kappa shape index (κ3) is 4.13. The maximum absolute atomic E-state index is 12.3. The van der Waals surface area contributed by atoms with Gasteiger partial charge in [-0.15, -0.1) is 0 Å². The van der Waals surface area contributed by atoms with Crippen LogP contribution in [0.15, 0.2) is 24.3 Å². The van der Waals surface area contributed by atoms with Gasteiger partial charge in [0.15, 0.2) is 0 Å². The molecular formula is C19H29N3O2. The molecule has 5 heteroatoms. The minimum absolute atomic E-state index is 0.112. The Morgan fingerprint density at radius 3 is 2.96 bits per heavy atom. The zero-order valence-electron chi connectivity index (χ0n) is 14.8. The highest BCUT2D eigenvalue weighted by atomic mass is 16.5. The topological polar surface area (TPSA) is 44.8 Å². The molecule has 2 saturated heterocycles. The van der Waals surface area contributed by atoms with Gasteiger partial charge in [0.2, 0.25) is 0 Å². The molecule has 132 valence electrons. The van der Waals surface area contributed by atoms with E-state index in [9.17, 15) is 4.79 Å². The van der Waals surface area contributed by atoms with Crippen molar-refractivity contribution >= 4 is 11.7 Å². The minimum Gasteiger partial charge on any atom is -0.497 e. The number of amides is 2. The molecule has 2 atom stereocenters. The first-order valence-corrected chi connectivity index (χ1v) is 9.07. The van der Waals surface area contributed by atoms with Crippen molar-refractivity contribution < 1.29 is 9.53 Å². The number of hydrogen-bond donors (Lipinski definition) is 1. The van der Waals surface area contributed by atoms with Gasteiger partial charge in [-0.2, -0.15) is 0 Å². The largest absolute Gasteiger partial charge is 0.497 e. The van der Waals surface area contributed by atoms with Crippen molar-refractivity contribution in [3.63, 3.8) is 0 Å². The van der Waals surface area contributed by atoms with E-state index >= 15 is 0 Å². The van der Waals surface area contributed by atoms with Gasteiger partial charge in [0.25, 0.3) is 0 Å². The van der Waals surface area contributed by atoms with Gasteiger partial charge < -0.3 is 19.9 Å². The average molecular weight is 331 g/mol. The van der Waals surface area contributed by atoms with E-state index in [1.807, 2.05) is 17.0 Å². The Balaban J connectivity index is 1.46. The summed E-state index contributed by atoms with van der Waals surface area (Å²) in [6.07, 6.45) is 3.48. The number of hydrogen-bond acceptors (Lipinski definition) is 3. The van der Waals surface area contributed by atoms with Crippen LogP contribution in [0.4, 0.5) is 10.5 Å². The highest BCUT2D eigenvalue weighted by Gasteiger charge is 2.25. The molecule has 2 amide bonds. The molecule has 0 aliphatic carbocycles. The number of nitrogens with zero attached hydrogens (tertiary/aromatic N) is 2. The standard InChI is InChI=1S/C19H29N3O2/c1-15-5-4-9-22(13-15)19(23)20-12-16-8-10-21(14-16)17-6-3-7-18(11-17)24-2/h3,6-7,11,15-16H,4-5,8-10,12-14H2,1-2H3,(H,20,23)/t15-,16-/m0/s1. The van der Waals surface area contributed by atoms with Crippen molar-refractivity contribution in [3.8, 4) is 5.75 Å². The van der Waals surface area contributed by atoms with Gasteiger partial charge in [0.05, 0.1) is 7.11 Å². The van der Waals surface area contributed by atoms with Crippen LogP contribution in [0.3, 0.4) is 0 Å². The van der Waals surface area contributed by atoms with Crippen molar-refractivity contribution in [3.05, 3.63) is 24.3 Å². The number of carbonyl (C=O) groups is 1. The maximum atomic E-state index is 12.3. The Kier molecular flexibility index (Phi) is 5.48. The molecule has 0 aromatic heterocycles. The van der Waals surface area contributed by atoms with Crippen LogP contribution in [0.2, 0.25) is 0 Å². The quantitative estimate of drug-likeness (QED) is 0.922. The molecule has 0 radical (unpaired) electrons. The third-order valence-electron chi connectivity index (χ3n) is 5.19. The molecule has 24 heavy (non-hydrogen) atoms. The van der Waals surface area contributed by atoms with Gasteiger partial charge in [-0.05, 0) is 43.2 Å². The second kappa shape index (κ2) is 7.77. The first kappa shape index (κ1) is 16.9. The van der Waals surface area contributed by atoms with Gasteiger partial charge in [0.1, 0.15) is 5.75 Å². The molecule has 0 unspecified atom stereocenters. The Labute approximate surface area is 145 Å². The number of nitrogens with one attached hydrogen (secondary N) is 1. The highest BCUT2D eigenvalue weighted by Crippen LogP contribution is 2.26. The molecule has 2 heterocycles. The van der Waals surface area contributed by atoms with Crippen molar-refractivity contribution in [2.45, 2.75) is 26.2 Å². The van der Waals surface area contributed by atoms with E-state index in [0.29, 0.717) is 11.8 Å². The maximum Gasteiger partial charge on any atom is 0.317 e. The highest BCUT2D eigenvalue weighted by molar-refractivity contribution is 5.74. The Morgan fingerprint density at radius 1 is 1.29 bits per heavy atom.